The molecule has 1 aromatic heterocycles. The quantitative estimate of drug-likeness (QED) is 0.832. The van der Waals surface area contributed by atoms with Crippen molar-refractivity contribution in [1.82, 2.24) is 5.43 Å². The fourth-order valence-corrected chi connectivity index (χ4v) is 2.39. The molecule has 2 rings (SSSR count). The molecule has 0 aromatic carbocycles. The first-order valence-electron chi connectivity index (χ1n) is 6.29. The van der Waals surface area contributed by atoms with Crippen LogP contribution in [-0.4, -0.2) is 17.4 Å². The number of hydrazone groups is 1. The number of nitrogens with one attached hydrogen (secondary N) is 1. The molecular weight excluding hydrogens is 244 g/mol. The van der Waals surface area contributed by atoms with E-state index in [0.717, 1.165) is 12.1 Å². The summed E-state index contributed by atoms with van der Waals surface area (Å²) in [5, 5.41) is 4.08. The van der Waals surface area contributed by atoms with E-state index in [0.29, 0.717) is 24.2 Å². The Balaban J connectivity index is 2.05. The Labute approximate surface area is 112 Å². The van der Waals surface area contributed by atoms with Gasteiger partial charge >= 0.3 is 0 Å². The molecule has 102 valence electrons. The molecule has 0 atom stereocenters. The maximum atomic E-state index is 11.8. The number of nitrogens with zero attached hydrogens (tertiary/aromatic N) is 1. The van der Waals surface area contributed by atoms with Gasteiger partial charge in [0.1, 0.15) is 11.5 Å². The van der Waals surface area contributed by atoms with Crippen molar-refractivity contribution in [1.29, 1.82) is 0 Å². The Morgan fingerprint density at radius 1 is 1.42 bits per heavy atom. The first kappa shape index (κ1) is 13.5. The van der Waals surface area contributed by atoms with Gasteiger partial charge < -0.3 is 4.42 Å². The van der Waals surface area contributed by atoms with Crippen LogP contribution in [0.25, 0.3) is 0 Å². The van der Waals surface area contributed by atoms with Gasteiger partial charge in [0.2, 0.25) is 0 Å². The van der Waals surface area contributed by atoms with Crippen LogP contribution in [0.2, 0.25) is 0 Å². The van der Waals surface area contributed by atoms with E-state index in [4.69, 9.17) is 4.42 Å². The molecule has 5 nitrogen and oxygen atoms in total. The lowest BCUT2D eigenvalue weighted by molar-refractivity contribution is -0.120. The molecule has 0 saturated heterocycles. The van der Waals surface area contributed by atoms with Gasteiger partial charge in [-0.25, -0.2) is 5.43 Å². The van der Waals surface area contributed by atoms with Crippen molar-refractivity contribution in [2.45, 2.75) is 40.0 Å². The minimum absolute atomic E-state index is 0.0789. The van der Waals surface area contributed by atoms with Crippen molar-refractivity contribution in [3.05, 3.63) is 23.7 Å². The molecule has 1 amide bonds. The minimum Gasteiger partial charge on any atom is -0.469 e. The smallest absolute Gasteiger partial charge is 0.274 e. The Kier molecular flexibility index (Phi) is 3.55. The van der Waals surface area contributed by atoms with Crippen LogP contribution in [0.4, 0.5) is 0 Å². The molecular formula is C14H18N2O3. The maximum Gasteiger partial charge on any atom is 0.274 e. The molecule has 1 heterocycles. The molecule has 0 bridgehead atoms. The zero-order valence-corrected chi connectivity index (χ0v) is 11.4. The van der Waals surface area contributed by atoms with Gasteiger partial charge in [0, 0.05) is 18.6 Å². The summed E-state index contributed by atoms with van der Waals surface area (Å²) < 4.78 is 5.06. The average Bonchev–Trinajstić information content (AvgIpc) is 2.69. The Bertz CT molecular complexity index is 541. The van der Waals surface area contributed by atoms with Gasteiger partial charge in [-0.1, -0.05) is 13.8 Å². The summed E-state index contributed by atoms with van der Waals surface area (Å²) in [6.45, 7) is 5.78. The molecule has 1 N–H and O–H groups in total. The fourth-order valence-electron chi connectivity index (χ4n) is 2.39. The van der Waals surface area contributed by atoms with Gasteiger partial charge in [-0.3, -0.25) is 9.59 Å². The van der Waals surface area contributed by atoms with Crippen molar-refractivity contribution >= 4 is 17.4 Å². The van der Waals surface area contributed by atoms with Crippen LogP contribution in [0.1, 0.15) is 49.2 Å². The second-order valence-corrected chi connectivity index (χ2v) is 5.74. The molecule has 0 radical (unpaired) electrons. The van der Waals surface area contributed by atoms with E-state index < -0.39 is 0 Å². The molecule has 1 aliphatic rings. The second-order valence-electron chi connectivity index (χ2n) is 5.74. The van der Waals surface area contributed by atoms with E-state index in [9.17, 15) is 9.59 Å². The first-order valence-corrected chi connectivity index (χ1v) is 6.29. The number of Topliss-reactive ketones (excluding diaryl/α,β-unsaturated/α-hetero) is 1. The number of hydrogen-bond acceptors (Lipinski definition) is 4. The van der Waals surface area contributed by atoms with Gasteiger partial charge in [0.25, 0.3) is 5.91 Å². The summed E-state index contributed by atoms with van der Waals surface area (Å²) in [5.41, 5.74) is 3.61. The summed E-state index contributed by atoms with van der Waals surface area (Å²) in [6.07, 6.45) is 3.09. The molecule has 19 heavy (non-hydrogen) atoms. The summed E-state index contributed by atoms with van der Waals surface area (Å²) in [7, 11) is 0. The van der Waals surface area contributed by atoms with E-state index in [2.05, 4.69) is 10.5 Å². The number of aryl methyl sites for hydroxylation is 1. The van der Waals surface area contributed by atoms with Crippen LogP contribution in [0.3, 0.4) is 0 Å². The highest BCUT2D eigenvalue weighted by atomic mass is 16.3. The number of amides is 1. The monoisotopic (exact) mass is 262 g/mol. The van der Waals surface area contributed by atoms with Gasteiger partial charge in [-0.2, -0.15) is 5.10 Å². The maximum absolute atomic E-state index is 11.8. The van der Waals surface area contributed by atoms with Gasteiger partial charge in [-0.05, 0) is 24.8 Å². The number of furan rings is 1. The third-order valence-electron chi connectivity index (χ3n) is 3.18. The predicted octanol–water partition coefficient (Wildman–Crippen LogP) is 2.45. The largest absolute Gasteiger partial charge is 0.469 e. The van der Waals surface area contributed by atoms with Crippen LogP contribution in [0.5, 0.6) is 0 Å². The predicted molar refractivity (Wildman–Crippen MR) is 71.0 cm³/mol. The average molecular weight is 262 g/mol. The summed E-state index contributed by atoms with van der Waals surface area (Å²) in [6, 6.07) is 1.60. The number of rotatable bonds is 2. The lowest BCUT2D eigenvalue weighted by Gasteiger charge is -2.28. The summed E-state index contributed by atoms with van der Waals surface area (Å²) in [4.78, 5) is 23.5. The van der Waals surface area contributed by atoms with Crippen molar-refractivity contribution in [3.63, 3.8) is 0 Å². The molecule has 0 unspecified atom stereocenters. The number of carbonyl (C=O) groups is 2. The van der Waals surface area contributed by atoms with E-state index in [1.165, 1.54) is 6.26 Å². The zero-order chi connectivity index (χ0) is 14.0. The zero-order valence-electron chi connectivity index (χ0n) is 11.4. The van der Waals surface area contributed by atoms with E-state index in [1.807, 2.05) is 13.8 Å². The van der Waals surface area contributed by atoms with Crippen LogP contribution in [0.15, 0.2) is 21.8 Å². The molecule has 1 aliphatic carbocycles. The number of hydrogen-bond donors (Lipinski definition) is 1. The minimum atomic E-state index is -0.311. The van der Waals surface area contributed by atoms with Gasteiger partial charge in [0.05, 0.1) is 11.8 Å². The first-order chi connectivity index (χ1) is 8.87. The summed E-state index contributed by atoms with van der Waals surface area (Å²) >= 11 is 0. The summed E-state index contributed by atoms with van der Waals surface area (Å²) in [5.74, 6) is 0.413. The van der Waals surface area contributed by atoms with Crippen molar-refractivity contribution in [2.24, 2.45) is 10.5 Å². The standard InChI is InChI=1S/C14H18N2O3/c1-9-12(4-5-19-9)13(18)16-15-10-6-11(17)8-14(2,3)7-10/h4-5H,6-8H2,1-3H3,(H,16,18)/b15-10+. The van der Waals surface area contributed by atoms with Crippen molar-refractivity contribution in [2.75, 3.05) is 0 Å². The molecule has 1 saturated carbocycles. The molecule has 1 aromatic rings. The topological polar surface area (TPSA) is 71.7 Å². The van der Waals surface area contributed by atoms with Crippen LogP contribution < -0.4 is 5.43 Å². The van der Waals surface area contributed by atoms with Crippen LogP contribution in [-0.2, 0) is 4.79 Å². The lowest BCUT2D eigenvalue weighted by atomic mass is 9.76. The van der Waals surface area contributed by atoms with E-state index >= 15 is 0 Å². The van der Waals surface area contributed by atoms with Crippen LogP contribution >= 0.6 is 0 Å². The van der Waals surface area contributed by atoms with Gasteiger partial charge in [0.15, 0.2) is 0 Å². The van der Waals surface area contributed by atoms with Crippen LogP contribution in [0, 0.1) is 12.3 Å². The highest BCUT2D eigenvalue weighted by molar-refractivity contribution is 6.05. The molecule has 1 fully saturated rings. The van der Waals surface area contributed by atoms with Crippen molar-refractivity contribution in [3.8, 4) is 0 Å². The number of ketones is 1. The Morgan fingerprint density at radius 3 is 2.74 bits per heavy atom. The third-order valence-corrected chi connectivity index (χ3v) is 3.18. The molecule has 0 spiro atoms. The second kappa shape index (κ2) is 4.99. The number of carbonyl (C=O) groups excluding carboxylic acids is 2. The van der Waals surface area contributed by atoms with E-state index in [-0.39, 0.29) is 17.1 Å². The molecule has 0 aliphatic heterocycles. The third kappa shape index (κ3) is 3.30. The molecule has 5 heteroatoms. The Hall–Kier alpha value is -1.91. The normalized spacial score (nSPS) is 20.6. The Morgan fingerprint density at radius 2 is 2.16 bits per heavy atom. The fraction of sp³-hybridized carbons (Fsp3) is 0.500. The van der Waals surface area contributed by atoms with E-state index in [1.54, 1.807) is 13.0 Å². The highest BCUT2D eigenvalue weighted by Gasteiger charge is 2.30. The van der Waals surface area contributed by atoms with Gasteiger partial charge in [-0.15, -0.1) is 0 Å². The SMILES string of the molecule is Cc1occc1C(=O)N/N=C1\CC(=O)CC(C)(C)C1. The lowest BCUT2D eigenvalue weighted by Crippen LogP contribution is -2.31. The highest BCUT2D eigenvalue weighted by Crippen LogP contribution is 2.31. The van der Waals surface area contributed by atoms with Crippen molar-refractivity contribution < 1.29 is 14.0 Å².